The minimum absolute atomic E-state index is 0.0268. The number of halogens is 3. The van der Waals surface area contributed by atoms with Gasteiger partial charge in [0.25, 0.3) is 5.91 Å². The van der Waals surface area contributed by atoms with E-state index in [0.29, 0.717) is 31.4 Å². The molecule has 9 heteroatoms. The number of amides is 1. The van der Waals surface area contributed by atoms with Gasteiger partial charge in [0.15, 0.2) is 0 Å². The van der Waals surface area contributed by atoms with Crippen molar-refractivity contribution in [3.05, 3.63) is 47.5 Å². The molecule has 0 saturated heterocycles. The lowest BCUT2D eigenvalue weighted by molar-refractivity contribution is -0.137. The van der Waals surface area contributed by atoms with Crippen molar-refractivity contribution in [1.82, 2.24) is 14.9 Å². The quantitative estimate of drug-likeness (QED) is 0.865. The van der Waals surface area contributed by atoms with Crippen LogP contribution in [0, 0.1) is 11.3 Å². The molecule has 1 aliphatic rings. The first-order valence-electron chi connectivity index (χ1n) is 8.83. The van der Waals surface area contributed by atoms with E-state index in [1.807, 2.05) is 0 Å². The average Bonchev–Trinajstić information content (AvgIpc) is 3.09. The number of ether oxygens (including phenoxy) is 1. The van der Waals surface area contributed by atoms with Gasteiger partial charge in [-0.2, -0.15) is 18.4 Å². The van der Waals surface area contributed by atoms with Gasteiger partial charge >= 0.3 is 6.18 Å². The van der Waals surface area contributed by atoms with Gasteiger partial charge in [-0.15, -0.1) is 0 Å². The minimum Gasteiger partial charge on any atom is -0.490 e. The number of aryl methyl sites for hydroxylation is 1. The average molecular weight is 392 g/mol. The summed E-state index contributed by atoms with van der Waals surface area (Å²) in [6.07, 6.45) is 0.856. The molecule has 3 rings (SSSR count). The van der Waals surface area contributed by atoms with E-state index in [1.165, 1.54) is 6.07 Å². The van der Waals surface area contributed by atoms with Gasteiger partial charge in [-0.05, 0) is 43.9 Å². The topological polar surface area (TPSA) is 79.9 Å². The number of nitrogens with one attached hydrogen (secondary N) is 1. The fraction of sp³-hybridized carbons (Fsp3) is 0.421. The van der Waals surface area contributed by atoms with Crippen molar-refractivity contribution in [2.24, 2.45) is 7.05 Å². The van der Waals surface area contributed by atoms with Gasteiger partial charge in [0, 0.05) is 19.3 Å². The summed E-state index contributed by atoms with van der Waals surface area (Å²) in [5.74, 6) is -0.154. The molecule has 1 amide bonds. The zero-order chi connectivity index (χ0) is 20.3. The van der Waals surface area contributed by atoms with Crippen molar-refractivity contribution in [1.29, 1.82) is 5.26 Å². The Labute approximate surface area is 159 Å². The third-order valence-electron chi connectivity index (χ3n) is 4.67. The van der Waals surface area contributed by atoms with Gasteiger partial charge in [0.2, 0.25) is 0 Å². The van der Waals surface area contributed by atoms with Crippen molar-refractivity contribution in [3.8, 4) is 11.8 Å². The molecule has 0 unspecified atom stereocenters. The second-order valence-electron chi connectivity index (χ2n) is 6.81. The number of hydrogen-bond donors (Lipinski definition) is 1. The van der Waals surface area contributed by atoms with Crippen LogP contribution in [0.5, 0.6) is 5.75 Å². The molecule has 2 aromatic rings. The van der Waals surface area contributed by atoms with Crippen LogP contribution >= 0.6 is 0 Å². The van der Waals surface area contributed by atoms with Gasteiger partial charge in [0.05, 0.1) is 29.6 Å². The summed E-state index contributed by atoms with van der Waals surface area (Å²) in [4.78, 5) is 16.1. The first kappa shape index (κ1) is 19.7. The zero-order valence-electron chi connectivity index (χ0n) is 15.2. The van der Waals surface area contributed by atoms with Crippen molar-refractivity contribution in [2.75, 3.05) is 0 Å². The molecule has 1 aromatic carbocycles. The molecular weight excluding hydrogens is 373 g/mol. The Hall–Kier alpha value is -3.02. The molecule has 1 saturated carbocycles. The van der Waals surface area contributed by atoms with Crippen LogP contribution in [0.3, 0.4) is 0 Å². The molecule has 1 heterocycles. The predicted molar refractivity (Wildman–Crippen MR) is 93.5 cm³/mol. The second-order valence-corrected chi connectivity index (χ2v) is 6.81. The number of alkyl halides is 3. The fourth-order valence-corrected chi connectivity index (χ4v) is 3.24. The van der Waals surface area contributed by atoms with Crippen molar-refractivity contribution >= 4 is 5.91 Å². The number of benzene rings is 1. The molecule has 0 atom stereocenters. The molecule has 0 bridgehead atoms. The van der Waals surface area contributed by atoms with Crippen LogP contribution < -0.4 is 10.1 Å². The summed E-state index contributed by atoms with van der Waals surface area (Å²) in [5, 5.41) is 11.8. The van der Waals surface area contributed by atoms with Gasteiger partial charge < -0.3 is 14.6 Å². The molecule has 28 heavy (non-hydrogen) atoms. The lowest BCUT2D eigenvalue weighted by Crippen LogP contribution is -2.39. The molecule has 1 aliphatic carbocycles. The second kappa shape index (κ2) is 7.92. The maximum atomic E-state index is 13.1. The third kappa shape index (κ3) is 4.63. The maximum absolute atomic E-state index is 13.1. The Morgan fingerprint density at radius 1 is 1.32 bits per heavy atom. The van der Waals surface area contributed by atoms with Crippen molar-refractivity contribution in [3.63, 3.8) is 0 Å². The van der Waals surface area contributed by atoms with Crippen LogP contribution in [-0.4, -0.2) is 27.6 Å². The van der Waals surface area contributed by atoms with Gasteiger partial charge in [-0.25, -0.2) is 4.98 Å². The molecule has 1 aromatic heterocycles. The number of imidazole rings is 1. The van der Waals surface area contributed by atoms with E-state index in [0.717, 1.165) is 12.1 Å². The summed E-state index contributed by atoms with van der Waals surface area (Å²) in [6, 6.07) is 4.89. The monoisotopic (exact) mass is 392 g/mol. The highest BCUT2D eigenvalue weighted by Gasteiger charge is 2.34. The van der Waals surface area contributed by atoms with Crippen molar-refractivity contribution in [2.45, 2.75) is 44.0 Å². The lowest BCUT2D eigenvalue weighted by Gasteiger charge is -2.29. The van der Waals surface area contributed by atoms with E-state index in [9.17, 15) is 18.0 Å². The van der Waals surface area contributed by atoms with Gasteiger partial charge in [-0.1, -0.05) is 0 Å². The predicted octanol–water partition coefficient (Wildman–Crippen LogP) is 3.43. The number of rotatable bonds is 4. The summed E-state index contributed by atoms with van der Waals surface area (Å²) >= 11 is 0. The van der Waals surface area contributed by atoms with E-state index < -0.39 is 17.3 Å². The van der Waals surface area contributed by atoms with E-state index in [4.69, 9.17) is 10.00 Å². The van der Waals surface area contributed by atoms with Crippen LogP contribution in [0.2, 0.25) is 0 Å². The first-order chi connectivity index (χ1) is 13.3. The zero-order valence-corrected chi connectivity index (χ0v) is 15.2. The van der Waals surface area contributed by atoms with E-state index >= 15 is 0 Å². The minimum atomic E-state index is -4.61. The highest BCUT2D eigenvalue weighted by Crippen LogP contribution is 2.35. The van der Waals surface area contributed by atoms with Crippen LogP contribution in [0.25, 0.3) is 0 Å². The highest BCUT2D eigenvalue weighted by molar-refractivity contribution is 5.92. The summed E-state index contributed by atoms with van der Waals surface area (Å²) in [7, 11) is 1.78. The number of carbonyl (C=O) groups is 1. The summed E-state index contributed by atoms with van der Waals surface area (Å²) in [6.45, 7) is 0. The molecule has 1 fully saturated rings. The molecule has 1 N–H and O–H groups in total. The van der Waals surface area contributed by atoms with Gasteiger partial charge in [0.1, 0.15) is 11.4 Å². The van der Waals surface area contributed by atoms with Crippen molar-refractivity contribution < 1.29 is 22.7 Å². The summed E-state index contributed by atoms with van der Waals surface area (Å²) < 4.78 is 46.5. The van der Waals surface area contributed by atoms with E-state index in [-0.39, 0.29) is 23.8 Å². The SMILES string of the molecule is Cn1cnc(C(=O)NC2CCC(Oc3ccc(C#N)c(C(F)(F)F)c3)CC2)c1. The fourth-order valence-electron chi connectivity index (χ4n) is 3.24. The Morgan fingerprint density at radius 3 is 2.61 bits per heavy atom. The molecular formula is C19H19F3N4O2. The van der Waals surface area contributed by atoms with Crippen LogP contribution in [-0.2, 0) is 13.2 Å². The first-order valence-corrected chi connectivity index (χ1v) is 8.83. The Balaban J connectivity index is 1.56. The normalized spacial score (nSPS) is 19.7. The lowest BCUT2D eigenvalue weighted by atomic mass is 9.92. The molecule has 0 spiro atoms. The van der Waals surface area contributed by atoms with Crippen LogP contribution in [0.1, 0.15) is 47.3 Å². The smallest absolute Gasteiger partial charge is 0.417 e. The maximum Gasteiger partial charge on any atom is 0.417 e. The largest absolute Gasteiger partial charge is 0.490 e. The Kier molecular flexibility index (Phi) is 5.58. The number of nitrogens with zero attached hydrogens (tertiary/aromatic N) is 3. The van der Waals surface area contributed by atoms with E-state index in [2.05, 4.69) is 10.3 Å². The van der Waals surface area contributed by atoms with Crippen LogP contribution in [0.4, 0.5) is 13.2 Å². The Bertz CT molecular complexity index is 893. The Morgan fingerprint density at radius 2 is 2.04 bits per heavy atom. The summed E-state index contributed by atoms with van der Waals surface area (Å²) in [5.41, 5.74) is -1.08. The third-order valence-corrected chi connectivity index (χ3v) is 4.67. The number of aromatic nitrogens is 2. The highest BCUT2D eigenvalue weighted by atomic mass is 19.4. The molecule has 0 radical (unpaired) electrons. The standard InChI is InChI=1S/C19H19F3N4O2/c1-26-10-17(24-11-26)18(27)25-13-3-6-14(7-4-13)28-15-5-2-12(9-23)16(8-15)19(20,21)22/h2,5,8,10-11,13-14H,3-4,6-7H2,1H3,(H,25,27). The van der Waals surface area contributed by atoms with Gasteiger partial charge in [-0.3, -0.25) is 4.79 Å². The van der Waals surface area contributed by atoms with E-state index in [1.54, 1.807) is 30.2 Å². The molecule has 0 aliphatic heterocycles. The molecule has 148 valence electrons. The molecule has 6 nitrogen and oxygen atoms in total. The number of hydrogen-bond acceptors (Lipinski definition) is 4. The number of carbonyl (C=O) groups excluding carboxylic acids is 1. The van der Waals surface area contributed by atoms with Crippen LogP contribution in [0.15, 0.2) is 30.7 Å². The number of nitriles is 1.